The van der Waals surface area contributed by atoms with Crippen molar-refractivity contribution in [2.24, 2.45) is 0 Å². The summed E-state index contributed by atoms with van der Waals surface area (Å²) in [7, 11) is 0. The molecule has 0 aliphatic carbocycles. The number of carbonyl (C=O) groups excluding carboxylic acids is 1. The standard InChI is InChI=1S/C10H16F2N2OS.ClH/c11-10(12)6-8(13-7-10)9(15)14-2-1-4-16-5-3-14;/h8,13H,1-7H2;1H. The topological polar surface area (TPSA) is 32.3 Å². The molecule has 0 radical (unpaired) electrons. The normalized spacial score (nSPS) is 28.4. The number of carbonyl (C=O) groups is 1. The number of rotatable bonds is 1. The molecule has 2 rings (SSSR count). The lowest BCUT2D eigenvalue weighted by molar-refractivity contribution is -0.133. The van der Waals surface area contributed by atoms with Crippen LogP contribution in [-0.2, 0) is 4.79 Å². The van der Waals surface area contributed by atoms with Gasteiger partial charge in [-0.05, 0) is 12.2 Å². The van der Waals surface area contributed by atoms with Crippen LogP contribution in [0.4, 0.5) is 8.78 Å². The highest BCUT2D eigenvalue weighted by Gasteiger charge is 2.43. The predicted molar refractivity (Wildman–Crippen MR) is 67.1 cm³/mol. The molecule has 3 nitrogen and oxygen atoms in total. The van der Waals surface area contributed by atoms with Gasteiger partial charge in [-0.25, -0.2) is 8.78 Å². The Morgan fingerprint density at radius 2 is 2.12 bits per heavy atom. The van der Waals surface area contributed by atoms with Crippen LogP contribution in [0.25, 0.3) is 0 Å². The maximum absolute atomic E-state index is 13.0. The Labute approximate surface area is 110 Å². The quantitative estimate of drug-likeness (QED) is 0.790. The Bertz CT molecular complexity index is 266. The van der Waals surface area contributed by atoms with Gasteiger partial charge in [0.25, 0.3) is 5.92 Å². The van der Waals surface area contributed by atoms with Crippen LogP contribution in [0.3, 0.4) is 0 Å². The molecule has 2 fully saturated rings. The number of halogens is 3. The number of alkyl halides is 2. The molecule has 7 heteroatoms. The zero-order chi connectivity index (χ0) is 11.6. The van der Waals surface area contributed by atoms with Crippen LogP contribution in [0.5, 0.6) is 0 Å². The fourth-order valence-corrected chi connectivity index (χ4v) is 2.96. The molecule has 0 aromatic carbocycles. The summed E-state index contributed by atoms with van der Waals surface area (Å²) in [4.78, 5) is 13.7. The van der Waals surface area contributed by atoms with Crippen LogP contribution in [0.15, 0.2) is 0 Å². The number of amides is 1. The molecule has 2 heterocycles. The van der Waals surface area contributed by atoms with Crippen molar-refractivity contribution in [3.05, 3.63) is 0 Å². The number of thioether (sulfide) groups is 1. The molecule has 2 saturated heterocycles. The smallest absolute Gasteiger partial charge is 0.262 e. The molecule has 1 unspecified atom stereocenters. The molecule has 1 amide bonds. The molecule has 0 bridgehead atoms. The summed E-state index contributed by atoms with van der Waals surface area (Å²) in [6.07, 6.45) is 0.606. The van der Waals surface area contributed by atoms with Crippen molar-refractivity contribution in [1.29, 1.82) is 0 Å². The first-order valence-corrected chi connectivity index (χ1v) is 6.72. The molecule has 100 valence electrons. The first-order valence-electron chi connectivity index (χ1n) is 5.56. The second-order valence-corrected chi connectivity index (χ2v) is 5.51. The van der Waals surface area contributed by atoms with Crippen molar-refractivity contribution in [3.8, 4) is 0 Å². The van der Waals surface area contributed by atoms with E-state index < -0.39 is 12.0 Å². The first kappa shape index (κ1) is 15.0. The van der Waals surface area contributed by atoms with Crippen LogP contribution in [0.2, 0.25) is 0 Å². The Hall–Kier alpha value is -0.0700. The van der Waals surface area contributed by atoms with Gasteiger partial charge in [0.15, 0.2) is 0 Å². The first-order chi connectivity index (χ1) is 7.58. The van der Waals surface area contributed by atoms with Gasteiger partial charge in [-0.1, -0.05) is 0 Å². The van der Waals surface area contributed by atoms with Gasteiger partial charge in [0.1, 0.15) is 0 Å². The van der Waals surface area contributed by atoms with Gasteiger partial charge in [0.05, 0.1) is 12.6 Å². The number of nitrogens with one attached hydrogen (secondary N) is 1. The summed E-state index contributed by atoms with van der Waals surface area (Å²) >= 11 is 1.82. The van der Waals surface area contributed by atoms with Crippen molar-refractivity contribution >= 4 is 30.1 Å². The van der Waals surface area contributed by atoms with Gasteiger partial charge >= 0.3 is 0 Å². The fraction of sp³-hybridized carbons (Fsp3) is 0.900. The van der Waals surface area contributed by atoms with E-state index >= 15 is 0 Å². The lowest BCUT2D eigenvalue weighted by Crippen LogP contribution is -2.44. The number of nitrogens with zero attached hydrogens (tertiary/aromatic N) is 1. The maximum Gasteiger partial charge on any atom is 0.262 e. The van der Waals surface area contributed by atoms with Crippen molar-refractivity contribution < 1.29 is 13.6 Å². The lowest BCUT2D eigenvalue weighted by Gasteiger charge is -2.23. The highest BCUT2D eigenvalue weighted by molar-refractivity contribution is 7.99. The largest absolute Gasteiger partial charge is 0.340 e. The van der Waals surface area contributed by atoms with E-state index in [4.69, 9.17) is 0 Å². The van der Waals surface area contributed by atoms with Gasteiger partial charge in [-0.3, -0.25) is 10.1 Å². The van der Waals surface area contributed by atoms with E-state index in [-0.39, 0.29) is 31.3 Å². The summed E-state index contributed by atoms with van der Waals surface area (Å²) in [5.41, 5.74) is 0. The minimum absolute atomic E-state index is 0. The molecule has 0 saturated carbocycles. The number of hydrogen-bond acceptors (Lipinski definition) is 3. The average Bonchev–Trinajstić information content (AvgIpc) is 2.48. The molecule has 2 aliphatic rings. The fourth-order valence-electron chi connectivity index (χ4n) is 2.08. The Morgan fingerprint density at radius 3 is 2.76 bits per heavy atom. The SMILES string of the molecule is Cl.O=C(C1CC(F)(F)CN1)N1CCCSCC1. The van der Waals surface area contributed by atoms with E-state index in [1.807, 2.05) is 11.8 Å². The number of hydrogen-bond donors (Lipinski definition) is 1. The van der Waals surface area contributed by atoms with E-state index in [0.29, 0.717) is 13.1 Å². The zero-order valence-corrected chi connectivity index (χ0v) is 11.1. The van der Waals surface area contributed by atoms with Crippen LogP contribution in [0, 0.1) is 0 Å². The Kier molecular flexibility index (Phi) is 5.47. The molecular formula is C10H17ClF2N2OS. The summed E-state index contributed by atoms with van der Waals surface area (Å²) in [6.45, 7) is 1.02. The molecule has 0 spiro atoms. The van der Waals surface area contributed by atoms with E-state index in [1.54, 1.807) is 4.90 Å². The van der Waals surface area contributed by atoms with Crippen LogP contribution < -0.4 is 5.32 Å². The summed E-state index contributed by atoms with van der Waals surface area (Å²) in [5.74, 6) is -0.909. The lowest BCUT2D eigenvalue weighted by atomic mass is 10.1. The molecule has 2 aliphatic heterocycles. The van der Waals surface area contributed by atoms with Gasteiger partial charge in [-0.2, -0.15) is 11.8 Å². The van der Waals surface area contributed by atoms with Gasteiger partial charge in [0, 0.05) is 25.3 Å². The van der Waals surface area contributed by atoms with Gasteiger partial charge < -0.3 is 4.90 Å². The summed E-state index contributed by atoms with van der Waals surface area (Å²) in [5, 5.41) is 2.62. The maximum atomic E-state index is 13.0. The third-order valence-corrected chi connectivity index (χ3v) is 3.99. The molecule has 1 N–H and O–H groups in total. The van der Waals surface area contributed by atoms with Crippen LogP contribution in [0.1, 0.15) is 12.8 Å². The second kappa shape index (κ2) is 6.20. The minimum atomic E-state index is -2.72. The average molecular weight is 287 g/mol. The van der Waals surface area contributed by atoms with Crippen molar-refractivity contribution in [2.45, 2.75) is 24.8 Å². The summed E-state index contributed by atoms with van der Waals surface area (Å²) < 4.78 is 25.9. The third kappa shape index (κ3) is 3.96. The zero-order valence-electron chi connectivity index (χ0n) is 9.45. The second-order valence-electron chi connectivity index (χ2n) is 4.28. The van der Waals surface area contributed by atoms with E-state index in [2.05, 4.69) is 5.32 Å². The third-order valence-electron chi connectivity index (χ3n) is 2.94. The van der Waals surface area contributed by atoms with Crippen molar-refractivity contribution in [3.63, 3.8) is 0 Å². The minimum Gasteiger partial charge on any atom is -0.340 e. The summed E-state index contributed by atoms with van der Waals surface area (Å²) in [6, 6.07) is -0.682. The highest BCUT2D eigenvalue weighted by atomic mass is 35.5. The van der Waals surface area contributed by atoms with Gasteiger partial charge in [0.2, 0.25) is 5.91 Å². The van der Waals surface area contributed by atoms with Crippen LogP contribution in [-0.4, -0.2) is 53.9 Å². The van der Waals surface area contributed by atoms with Crippen molar-refractivity contribution in [1.82, 2.24) is 10.2 Å². The van der Waals surface area contributed by atoms with Crippen molar-refractivity contribution in [2.75, 3.05) is 31.1 Å². The van der Waals surface area contributed by atoms with E-state index in [0.717, 1.165) is 17.9 Å². The molecule has 1 atom stereocenters. The molecular weight excluding hydrogens is 270 g/mol. The predicted octanol–water partition coefficient (Wildman–Crippen LogP) is 1.37. The molecule has 17 heavy (non-hydrogen) atoms. The monoisotopic (exact) mass is 286 g/mol. The van der Waals surface area contributed by atoms with Gasteiger partial charge in [-0.15, -0.1) is 12.4 Å². The Morgan fingerprint density at radius 1 is 1.35 bits per heavy atom. The molecule has 0 aromatic rings. The van der Waals surface area contributed by atoms with E-state index in [9.17, 15) is 13.6 Å². The molecule has 0 aromatic heterocycles. The highest BCUT2D eigenvalue weighted by Crippen LogP contribution is 2.26. The van der Waals surface area contributed by atoms with E-state index in [1.165, 1.54) is 0 Å². The Balaban J connectivity index is 0.00000144. The van der Waals surface area contributed by atoms with Crippen LogP contribution >= 0.6 is 24.2 Å².